The van der Waals surface area contributed by atoms with Gasteiger partial charge in [-0.15, -0.1) is 0 Å². The lowest BCUT2D eigenvalue weighted by molar-refractivity contribution is -0.117. The van der Waals surface area contributed by atoms with Gasteiger partial charge < -0.3 is 19.7 Å². The Morgan fingerprint density at radius 3 is 2.63 bits per heavy atom. The summed E-state index contributed by atoms with van der Waals surface area (Å²) < 4.78 is 11.2. The zero-order chi connectivity index (χ0) is 19.6. The number of nitrogens with zero attached hydrogens (tertiary/aromatic N) is 1. The molecular formula is C22H34N2O3. The SMILES string of the molecule is COc1cc(C=CC(=O)NC2CCC(C)CC2)ccc1OCCCN(C)C. The minimum absolute atomic E-state index is 0.0301. The van der Waals surface area contributed by atoms with Crippen LogP contribution in [0.1, 0.15) is 44.6 Å². The number of amides is 1. The van der Waals surface area contributed by atoms with E-state index in [2.05, 4.69) is 17.1 Å². The molecule has 1 fully saturated rings. The fraction of sp³-hybridized carbons (Fsp3) is 0.591. The van der Waals surface area contributed by atoms with Gasteiger partial charge in [-0.2, -0.15) is 0 Å². The molecule has 0 aromatic heterocycles. The maximum atomic E-state index is 12.2. The lowest BCUT2D eigenvalue weighted by atomic mass is 9.87. The van der Waals surface area contributed by atoms with Gasteiger partial charge in [-0.1, -0.05) is 13.0 Å². The van der Waals surface area contributed by atoms with E-state index in [9.17, 15) is 4.79 Å². The molecule has 0 bridgehead atoms. The van der Waals surface area contributed by atoms with E-state index in [0.717, 1.165) is 43.0 Å². The summed E-state index contributed by atoms with van der Waals surface area (Å²) in [7, 11) is 5.73. The predicted octanol–water partition coefficient (Wildman–Crippen LogP) is 3.73. The van der Waals surface area contributed by atoms with E-state index in [1.54, 1.807) is 13.2 Å². The highest BCUT2D eigenvalue weighted by atomic mass is 16.5. The first-order chi connectivity index (χ1) is 13.0. The van der Waals surface area contributed by atoms with Crippen LogP contribution < -0.4 is 14.8 Å². The predicted molar refractivity (Wildman–Crippen MR) is 110 cm³/mol. The van der Waals surface area contributed by atoms with Crippen LogP contribution in [0.4, 0.5) is 0 Å². The molecule has 0 heterocycles. The Kier molecular flexibility index (Phi) is 8.65. The first-order valence-electron chi connectivity index (χ1n) is 9.92. The Bertz CT molecular complexity index is 620. The van der Waals surface area contributed by atoms with E-state index in [1.807, 2.05) is 38.4 Å². The average Bonchev–Trinajstić information content (AvgIpc) is 2.65. The third kappa shape index (κ3) is 7.63. The summed E-state index contributed by atoms with van der Waals surface area (Å²) >= 11 is 0. The van der Waals surface area contributed by atoms with Crippen molar-refractivity contribution in [1.29, 1.82) is 0 Å². The number of ether oxygens (including phenoxy) is 2. The molecule has 0 atom stereocenters. The van der Waals surface area contributed by atoms with E-state index >= 15 is 0 Å². The highest BCUT2D eigenvalue weighted by molar-refractivity contribution is 5.92. The molecule has 0 saturated heterocycles. The molecule has 1 aromatic rings. The number of benzene rings is 1. The van der Waals surface area contributed by atoms with E-state index < -0.39 is 0 Å². The van der Waals surface area contributed by atoms with Gasteiger partial charge >= 0.3 is 0 Å². The second kappa shape index (κ2) is 11.0. The Morgan fingerprint density at radius 1 is 1.22 bits per heavy atom. The zero-order valence-corrected chi connectivity index (χ0v) is 17.2. The summed E-state index contributed by atoms with van der Waals surface area (Å²) in [5.74, 6) is 2.17. The molecule has 0 radical (unpaired) electrons. The Morgan fingerprint density at radius 2 is 1.96 bits per heavy atom. The second-order valence-electron chi connectivity index (χ2n) is 7.71. The van der Waals surface area contributed by atoms with Crippen LogP contribution >= 0.6 is 0 Å². The molecule has 5 nitrogen and oxygen atoms in total. The summed E-state index contributed by atoms with van der Waals surface area (Å²) in [4.78, 5) is 14.3. The molecule has 2 rings (SSSR count). The van der Waals surface area contributed by atoms with Crippen molar-refractivity contribution in [2.75, 3.05) is 34.4 Å². The lowest BCUT2D eigenvalue weighted by Gasteiger charge is -2.26. The van der Waals surface area contributed by atoms with Gasteiger partial charge in [0.2, 0.25) is 5.91 Å². The monoisotopic (exact) mass is 374 g/mol. The average molecular weight is 375 g/mol. The van der Waals surface area contributed by atoms with Crippen LogP contribution in [0.2, 0.25) is 0 Å². The zero-order valence-electron chi connectivity index (χ0n) is 17.2. The molecule has 1 aliphatic carbocycles. The Balaban J connectivity index is 1.86. The topological polar surface area (TPSA) is 50.8 Å². The first-order valence-corrected chi connectivity index (χ1v) is 9.92. The Labute approximate surface area is 163 Å². The van der Waals surface area contributed by atoms with Crippen LogP contribution in [0.15, 0.2) is 24.3 Å². The van der Waals surface area contributed by atoms with Crippen molar-refractivity contribution in [3.8, 4) is 11.5 Å². The standard InChI is InChI=1S/C22H34N2O3/c1-17-6-10-19(11-7-17)23-22(25)13-9-18-8-12-20(21(16-18)26-4)27-15-5-14-24(2)3/h8-9,12-13,16-17,19H,5-7,10-11,14-15H2,1-4H3,(H,23,25). The van der Waals surface area contributed by atoms with Crippen molar-refractivity contribution in [3.63, 3.8) is 0 Å². The summed E-state index contributed by atoms with van der Waals surface area (Å²) in [6.45, 7) is 3.91. The number of hydrogen-bond acceptors (Lipinski definition) is 4. The van der Waals surface area contributed by atoms with Crippen molar-refractivity contribution in [1.82, 2.24) is 10.2 Å². The fourth-order valence-corrected chi connectivity index (χ4v) is 3.30. The molecule has 5 heteroatoms. The van der Waals surface area contributed by atoms with Gasteiger partial charge in [-0.05, 0) is 75.9 Å². The van der Waals surface area contributed by atoms with Crippen LogP contribution in [0.3, 0.4) is 0 Å². The second-order valence-corrected chi connectivity index (χ2v) is 7.71. The van der Waals surface area contributed by atoms with E-state index in [1.165, 1.54) is 12.8 Å². The molecule has 0 spiro atoms. The minimum Gasteiger partial charge on any atom is -0.493 e. The van der Waals surface area contributed by atoms with Gasteiger partial charge in [-0.25, -0.2) is 0 Å². The number of carbonyl (C=O) groups is 1. The van der Waals surface area contributed by atoms with Crippen LogP contribution in [0.25, 0.3) is 6.08 Å². The summed E-state index contributed by atoms with van der Waals surface area (Å²) in [5.41, 5.74) is 0.917. The maximum Gasteiger partial charge on any atom is 0.244 e. The smallest absolute Gasteiger partial charge is 0.244 e. The molecular weight excluding hydrogens is 340 g/mol. The number of hydrogen-bond donors (Lipinski definition) is 1. The minimum atomic E-state index is -0.0301. The van der Waals surface area contributed by atoms with Crippen LogP contribution in [-0.4, -0.2) is 51.2 Å². The largest absolute Gasteiger partial charge is 0.493 e. The van der Waals surface area contributed by atoms with Crippen LogP contribution in [-0.2, 0) is 4.79 Å². The molecule has 1 aliphatic rings. The van der Waals surface area contributed by atoms with Crippen molar-refractivity contribution < 1.29 is 14.3 Å². The Hall–Kier alpha value is -2.01. The van der Waals surface area contributed by atoms with Crippen molar-refractivity contribution >= 4 is 12.0 Å². The molecule has 1 saturated carbocycles. The molecule has 1 amide bonds. The van der Waals surface area contributed by atoms with Gasteiger partial charge in [0.05, 0.1) is 13.7 Å². The normalized spacial score (nSPS) is 20.0. The number of nitrogens with one attached hydrogen (secondary N) is 1. The summed E-state index contributed by atoms with van der Waals surface area (Å²) in [6.07, 6.45) is 8.92. The quantitative estimate of drug-likeness (QED) is 0.528. The number of carbonyl (C=O) groups excluding carboxylic acids is 1. The highest BCUT2D eigenvalue weighted by Gasteiger charge is 2.18. The van der Waals surface area contributed by atoms with Crippen LogP contribution in [0.5, 0.6) is 11.5 Å². The van der Waals surface area contributed by atoms with E-state index in [-0.39, 0.29) is 5.91 Å². The van der Waals surface area contributed by atoms with Crippen molar-refractivity contribution in [3.05, 3.63) is 29.8 Å². The number of methoxy groups -OCH3 is 1. The molecule has 27 heavy (non-hydrogen) atoms. The maximum absolute atomic E-state index is 12.2. The van der Waals surface area contributed by atoms with E-state index in [0.29, 0.717) is 18.4 Å². The lowest BCUT2D eigenvalue weighted by Crippen LogP contribution is -2.36. The summed E-state index contributed by atoms with van der Waals surface area (Å²) in [5, 5.41) is 3.11. The third-order valence-corrected chi connectivity index (χ3v) is 4.98. The molecule has 150 valence electrons. The van der Waals surface area contributed by atoms with Crippen LogP contribution in [0, 0.1) is 5.92 Å². The van der Waals surface area contributed by atoms with Crippen molar-refractivity contribution in [2.24, 2.45) is 5.92 Å². The summed E-state index contributed by atoms with van der Waals surface area (Å²) in [6, 6.07) is 6.04. The molecule has 0 unspecified atom stereocenters. The van der Waals surface area contributed by atoms with Gasteiger partial charge in [0.15, 0.2) is 11.5 Å². The van der Waals surface area contributed by atoms with Gasteiger partial charge in [0.1, 0.15) is 0 Å². The first kappa shape index (κ1) is 21.3. The van der Waals surface area contributed by atoms with Gasteiger partial charge in [-0.3, -0.25) is 4.79 Å². The van der Waals surface area contributed by atoms with E-state index in [4.69, 9.17) is 9.47 Å². The molecule has 1 aromatic carbocycles. The fourth-order valence-electron chi connectivity index (χ4n) is 3.30. The highest BCUT2D eigenvalue weighted by Crippen LogP contribution is 2.28. The molecule has 1 N–H and O–H groups in total. The van der Waals surface area contributed by atoms with Gasteiger partial charge in [0.25, 0.3) is 0 Å². The third-order valence-electron chi connectivity index (χ3n) is 4.98. The molecule has 0 aliphatic heterocycles. The van der Waals surface area contributed by atoms with Crippen molar-refractivity contribution in [2.45, 2.75) is 45.1 Å². The number of rotatable bonds is 9. The van der Waals surface area contributed by atoms with Gasteiger partial charge in [0, 0.05) is 18.7 Å².